The van der Waals surface area contributed by atoms with E-state index in [4.69, 9.17) is 5.73 Å². The monoisotopic (exact) mass is 312 g/mol. The Morgan fingerprint density at radius 3 is 2.78 bits per heavy atom. The van der Waals surface area contributed by atoms with E-state index in [-0.39, 0.29) is 11.5 Å². The van der Waals surface area contributed by atoms with Crippen molar-refractivity contribution in [3.63, 3.8) is 0 Å². The molecule has 114 valence electrons. The zero-order chi connectivity index (χ0) is 16.0. The SMILES string of the molecule is Nc1nc(-c2cnc3cc(-c4ncc[nH]4)ccn23)c(F)cc1F. The number of aromatic amines is 1. The smallest absolute Gasteiger partial charge is 0.168 e. The second-order valence-electron chi connectivity index (χ2n) is 4.91. The Morgan fingerprint density at radius 1 is 1.13 bits per heavy atom. The predicted octanol–water partition coefficient (Wildman–Crippen LogP) is 2.65. The van der Waals surface area contributed by atoms with Crippen LogP contribution in [0.4, 0.5) is 14.6 Å². The Bertz CT molecular complexity index is 1010. The first kappa shape index (κ1) is 13.4. The summed E-state index contributed by atoms with van der Waals surface area (Å²) < 4.78 is 28.9. The van der Waals surface area contributed by atoms with Crippen molar-refractivity contribution in [2.45, 2.75) is 0 Å². The van der Waals surface area contributed by atoms with Crippen LogP contribution in [0, 0.1) is 11.6 Å². The number of halogens is 2. The van der Waals surface area contributed by atoms with Gasteiger partial charge in [-0.25, -0.2) is 23.7 Å². The number of H-pyrrole nitrogens is 1. The molecule has 0 unspecified atom stereocenters. The van der Waals surface area contributed by atoms with Gasteiger partial charge in [-0.05, 0) is 12.1 Å². The predicted molar refractivity (Wildman–Crippen MR) is 80.3 cm³/mol. The first-order valence-electron chi connectivity index (χ1n) is 6.72. The van der Waals surface area contributed by atoms with Crippen LogP contribution in [0.5, 0.6) is 0 Å². The highest BCUT2D eigenvalue weighted by Crippen LogP contribution is 2.26. The Kier molecular flexibility index (Phi) is 2.83. The van der Waals surface area contributed by atoms with E-state index in [1.165, 1.54) is 6.20 Å². The van der Waals surface area contributed by atoms with Gasteiger partial charge in [0.1, 0.15) is 17.2 Å². The summed E-state index contributed by atoms with van der Waals surface area (Å²) >= 11 is 0. The van der Waals surface area contributed by atoms with Crippen molar-refractivity contribution in [2.75, 3.05) is 5.73 Å². The minimum absolute atomic E-state index is 0.0536. The molecule has 0 aliphatic carbocycles. The highest BCUT2D eigenvalue weighted by molar-refractivity contribution is 5.67. The van der Waals surface area contributed by atoms with Gasteiger partial charge in [0.25, 0.3) is 0 Å². The fourth-order valence-electron chi connectivity index (χ4n) is 2.39. The third-order valence-electron chi connectivity index (χ3n) is 3.48. The lowest BCUT2D eigenvalue weighted by molar-refractivity contribution is 0.579. The lowest BCUT2D eigenvalue weighted by atomic mass is 10.2. The van der Waals surface area contributed by atoms with Gasteiger partial charge in [0.15, 0.2) is 17.5 Å². The van der Waals surface area contributed by atoms with Crippen LogP contribution in [0.1, 0.15) is 0 Å². The summed E-state index contributed by atoms with van der Waals surface area (Å²) in [6, 6.07) is 4.32. The molecule has 8 heteroatoms. The molecule has 4 aromatic rings. The Morgan fingerprint density at radius 2 is 2.00 bits per heavy atom. The fourth-order valence-corrected chi connectivity index (χ4v) is 2.39. The van der Waals surface area contributed by atoms with Crippen LogP contribution < -0.4 is 5.73 Å². The first-order chi connectivity index (χ1) is 11.1. The van der Waals surface area contributed by atoms with Gasteiger partial charge in [-0.15, -0.1) is 0 Å². The van der Waals surface area contributed by atoms with Gasteiger partial charge in [0.05, 0.1) is 11.9 Å². The molecule has 3 N–H and O–H groups in total. The van der Waals surface area contributed by atoms with Crippen LogP contribution in [0.2, 0.25) is 0 Å². The minimum Gasteiger partial charge on any atom is -0.381 e. The molecular formula is C15H10F2N6. The van der Waals surface area contributed by atoms with E-state index in [1.807, 2.05) is 6.07 Å². The molecule has 0 saturated heterocycles. The van der Waals surface area contributed by atoms with E-state index in [0.29, 0.717) is 23.2 Å². The topological polar surface area (TPSA) is 84.9 Å². The van der Waals surface area contributed by atoms with Crippen molar-refractivity contribution < 1.29 is 8.78 Å². The maximum Gasteiger partial charge on any atom is 0.168 e. The number of imidazole rings is 2. The summed E-state index contributed by atoms with van der Waals surface area (Å²) in [5, 5.41) is 0. The van der Waals surface area contributed by atoms with Crippen molar-refractivity contribution in [3.8, 4) is 22.8 Å². The number of nitrogens with zero attached hydrogens (tertiary/aromatic N) is 4. The van der Waals surface area contributed by atoms with Crippen LogP contribution in [0.15, 0.2) is 43.0 Å². The van der Waals surface area contributed by atoms with Gasteiger partial charge in [-0.1, -0.05) is 0 Å². The summed E-state index contributed by atoms with van der Waals surface area (Å²) in [5.41, 5.74) is 7.19. The van der Waals surface area contributed by atoms with Crippen molar-refractivity contribution in [3.05, 3.63) is 54.6 Å². The average molecular weight is 312 g/mol. The molecule has 4 heterocycles. The normalized spacial score (nSPS) is 11.2. The summed E-state index contributed by atoms with van der Waals surface area (Å²) in [5.74, 6) is -1.34. The molecule has 4 aromatic heterocycles. The van der Waals surface area contributed by atoms with Gasteiger partial charge in [-0.3, -0.25) is 4.40 Å². The molecule has 0 aliphatic heterocycles. The van der Waals surface area contributed by atoms with Gasteiger partial charge in [0, 0.05) is 30.2 Å². The van der Waals surface area contributed by atoms with Gasteiger partial charge in [0.2, 0.25) is 0 Å². The van der Waals surface area contributed by atoms with Crippen molar-refractivity contribution in [1.82, 2.24) is 24.3 Å². The molecule has 0 atom stereocenters. The Balaban J connectivity index is 1.88. The number of hydrogen-bond acceptors (Lipinski definition) is 4. The number of anilines is 1. The van der Waals surface area contributed by atoms with Crippen molar-refractivity contribution >= 4 is 11.5 Å². The average Bonchev–Trinajstić information content (AvgIpc) is 3.19. The zero-order valence-corrected chi connectivity index (χ0v) is 11.7. The van der Waals surface area contributed by atoms with E-state index in [1.54, 1.807) is 29.1 Å². The zero-order valence-electron chi connectivity index (χ0n) is 11.7. The van der Waals surface area contributed by atoms with E-state index in [0.717, 1.165) is 5.56 Å². The number of nitrogen functional groups attached to an aromatic ring is 1. The summed E-state index contributed by atoms with van der Waals surface area (Å²) in [4.78, 5) is 15.2. The highest BCUT2D eigenvalue weighted by Gasteiger charge is 2.16. The van der Waals surface area contributed by atoms with E-state index >= 15 is 0 Å². The molecule has 0 fully saturated rings. The van der Waals surface area contributed by atoms with Crippen LogP contribution >= 0.6 is 0 Å². The molecule has 0 radical (unpaired) electrons. The molecule has 0 bridgehead atoms. The van der Waals surface area contributed by atoms with Gasteiger partial charge < -0.3 is 10.7 Å². The maximum atomic E-state index is 14.0. The third kappa shape index (κ3) is 2.11. The number of aromatic nitrogens is 5. The van der Waals surface area contributed by atoms with Gasteiger partial charge in [-0.2, -0.15) is 0 Å². The fraction of sp³-hybridized carbons (Fsp3) is 0. The quantitative estimate of drug-likeness (QED) is 0.596. The highest BCUT2D eigenvalue weighted by atomic mass is 19.1. The third-order valence-corrected chi connectivity index (χ3v) is 3.48. The molecule has 0 aromatic carbocycles. The first-order valence-corrected chi connectivity index (χ1v) is 6.72. The van der Waals surface area contributed by atoms with Gasteiger partial charge >= 0.3 is 0 Å². The van der Waals surface area contributed by atoms with E-state index < -0.39 is 11.6 Å². The number of nitrogens with two attached hydrogens (primary N) is 1. The standard InChI is InChI=1S/C15H10F2N6/c16-9-6-10(17)14(18)22-13(9)11-7-21-12-5-8(1-4-23(11)12)15-19-2-3-20-15/h1-7H,(H2,18,22)(H,19,20). The van der Waals surface area contributed by atoms with Crippen molar-refractivity contribution in [2.24, 2.45) is 0 Å². The largest absolute Gasteiger partial charge is 0.381 e. The number of hydrogen-bond donors (Lipinski definition) is 2. The number of pyridine rings is 2. The molecular weight excluding hydrogens is 302 g/mol. The lowest BCUT2D eigenvalue weighted by Gasteiger charge is -2.05. The molecule has 0 aliphatic rings. The number of fused-ring (bicyclic) bond motifs is 1. The van der Waals surface area contributed by atoms with Crippen LogP contribution in [-0.2, 0) is 0 Å². The summed E-state index contributed by atoms with van der Waals surface area (Å²) in [6.45, 7) is 0. The molecule has 6 nitrogen and oxygen atoms in total. The second-order valence-corrected chi connectivity index (χ2v) is 4.91. The van der Waals surface area contributed by atoms with Crippen LogP contribution in [-0.4, -0.2) is 24.3 Å². The molecule has 0 saturated carbocycles. The summed E-state index contributed by atoms with van der Waals surface area (Å²) in [7, 11) is 0. The van der Waals surface area contributed by atoms with Crippen LogP contribution in [0.25, 0.3) is 28.4 Å². The molecule has 23 heavy (non-hydrogen) atoms. The Labute approximate surface area is 128 Å². The summed E-state index contributed by atoms with van der Waals surface area (Å²) in [6.07, 6.45) is 6.55. The molecule has 4 rings (SSSR count). The molecule has 0 spiro atoms. The second kappa shape index (κ2) is 4.87. The van der Waals surface area contributed by atoms with E-state index in [9.17, 15) is 8.78 Å². The van der Waals surface area contributed by atoms with Crippen LogP contribution in [0.3, 0.4) is 0 Å². The van der Waals surface area contributed by atoms with Crippen molar-refractivity contribution in [1.29, 1.82) is 0 Å². The Hall–Kier alpha value is -3.29. The number of rotatable bonds is 2. The minimum atomic E-state index is -0.889. The maximum absolute atomic E-state index is 14.0. The van der Waals surface area contributed by atoms with E-state index in [2.05, 4.69) is 19.9 Å². The molecule has 0 amide bonds. The lowest BCUT2D eigenvalue weighted by Crippen LogP contribution is -2.01. The number of nitrogens with one attached hydrogen (secondary N) is 1.